The largest absolute Gasteiger partial charge is 0.489 e. The van der Waals surface area contributed by atoms with Crippen molar-refractivity contribution in [3.8, 4) is 5.75 Å². The highest BCUT2D eigenvalue weighted by atomic mass is 16.5. The van der Waals surface area contributed by atoms with Crippen molar-refractivity contribution in [3.05, 3.63) is 65.7 Å². The highest BCUT2D eigenvalue weighted by molar-refractivity contribution is 5.94. The Morgan fingerprint density at radius 2 is 1.75 bits per heavy atom. The van der Waals surface area contributed by atoms with Crippen LogP contribution in [-0.4, -0.2) is 37.0 Å². The Hall–Kier alpha value is -2.33. The predicted octanol–water partition coefficient (Wildman–Crippen LogP) is 3.09. The lowest BCUT2D eigenvalue weighted by atomic mass is 10.0. The number of ether oxygens (including phenoxy) is 1. The first-order valence-electron chi connectivity index (χ1n) is 8.49. The topological polar surface area (TPSA) is 41.6 Å². The van der Waals surface area contributed by atoms with E-state index in [1.165, 1.54) is 0 Å². The summed E-state index contributed by atoms with van der Waals surface area (Å²) in [4.78, 5) is 14.5. The van der Waals surface area contributed by atoms with Crippen LogP contribution in [0.25, 0.3) is 0 Å². The molecule has 0 bridgehead atoms. The molecule has 0 saturated carbocycles. The Bertz CT molecular complexity index is 649. The Balaban J connectivity index is 1.58. The minimum Gasteiger partial charge on any atom is -0.489 e. The first-order valence-corrected chi connectivity index (χ1v) is 8.49. The second-order valence-corrected chi connectivity index (χ2v) is 6.20. The summed E-state index contributed by atoms with van der Waals surface area (Å²) in [5, 5.41) is 3.33. The minimum atomic E-state index is 0.0948. The summed E-state index contributed by atoms with van der Waals surface area (Å²) in [6.07, 6.45) is 2.04. The van der Waals surface area contributed by atoms with Crippen molar-refractivity contribution in [1.82, 2.24) is 10.2 Å². The van der Waals surface area contributed by atoms with Crippen LogP contribution in [0.1, 0.15) is 28.8 Å². The van der Waals surface area contributed by atoms with Gasteiger partial charge in [0.2, 0.25) is 0 Å². The molecule has 0 spiro atoms. The fourth-order valence-corrected chi connectivity index (χ4v) is 2.99. The van der Waals surface area contributed by atoms with Crippen LogP contribution < -0.4 is 10.1 Å². The number of hydrogen-bond acceptors (Lipinski definition) is 3. The van der Waals surface area contributed by atoms with Gasteiger partial charge in [-0.1, -0.05) is 30.3 Å². The number of para-hydroxylation sites is 1. The van der Waals surface area contributed by atoms with Gasteiger partial charge in [-0.2, -0.15) is 0 Å². The Morgan fingerprint density at radius 1 is 1.08 bits per heavy atom. The van der Waals surface area contributed by atoms with Crippen LogP contribution in [0.4, 0.5) is 0 Å². The predicted molar refractivity (Wildman–Crippen MR) is 95.2 cm³/mol. The van der Waals surface area contributed by atoms with Gasteiger partial charge in [-0.15, -0.1) is 0 Å². The van der Waals surface area contributed by atoms with Crippen molar-refractivity contribution in [3.63, 3.8) is 0 Å². The number of carbonyl (C=O) groups excluding carboxylic acids is 1. The molecule has 1 fully saturated rings. The maximum absolute atomic E-state index is 12.6. The van der Waals surface area contributed by atoms with Crippen LogP contribution in [0.2, 0.25) is 0 Å². The highest BCUT2D eigenvalue weighted by Crippen LogP contribution is 2.16. The summed E-state index contributed by atoms with van der Waals surface area (Å²) in [5.41, 5.74) is 1.79. The molecular formula is C20H24N2O2. The number of nitrogens with one attached hydrogen (secondary N) is 1. The lowest BCUT2D eigenvalue weighted by Crippen LogP contribution is -2.43. The van der Waals surface area contributed by atoms with Crippen molar-refractivity contribution in [1.29, 1.82) is 0 Å². The lowest BCUT2D eigenvalue weighted by Gasteiger charge is -2.31. The average Bonchev–Trinajstić information content (AvgIpc) is 2.67. The molecule has 2 aromatic carbocycles. The summed E-state index contributed by atoms with van der Waals surface area (Å²) in [6, 6.07) is 17.8. The van der Waals surface area contributed by atoms with Gasteiger partial charge < -0.3 is 15.0 Å². The van der Waals surface area contributed by atoms with Crippen LogP contribution in [0.3, 0.4) is 0 Å². The summed E-state index contributed by atoms with van der Waals surface area (Å²) in [6.45, 7) is 2.47. The van der Waals surface area contributed by atoms with Crippen molar-refractivity contribution in [2.24, 2.45) is 0 Å². The molecule has 1 N–H and O–H groups in total. The van der Waals surface area contributed by atoms with E-state index in [1.54, 1.807) is 0 Å². The van der Waals surface area contributed by atoms with E-state index in [9.17, 15) is 4.79 Å². The van der Waals surface area contributed by atoms with Gasteiger partial charge in [0, 0.05) is 18.7 Å². The van der Waals surface area contributed by atoms with E-state index in [2.05, 4.69) is 5.32 Å². The number of rotatable bonds is 5. The van der Waals surface area contributed by atoms with Crippen LogP contribution in [0.15, 0.2) is 54.6 Å². The minimum absolute atomic E-state index is 0.0948. The summed E-state index contributed by atoms with van der Waals surface area (Å²) in [7, 11) is 1.91. The average molecular weight is 324 g/mol. The van der Waals surface area contributed by atoms with E-state index in [0.29, 0.717) is 12.6 Å². The molecule has 1 amide bonds. The molecule has 1 saturated heterocycles. The number of nitrogens with zero attached hydrogens (tertiary/aromatic N) is 1. The second-order valence-electron chi connectivity index (χ2n) is 6.20. The fourth-order valence-electron chi connectivity index (χ4n) is 2.99. The molecule has 1 aliphatic rings. The number of benzene rings is 2. The van der Waals surface area contributed by atoms with Crippen LogP contribution in [0, 0.1) is 0 Å². The summed E-state index contributed by atoms with van der Waals surface area (Å²) in [5.74, 6) is 0.945. The fraction of sp³-hybridized carbons (Fsp3) is 0.350. The van der Waals surface area contributed by atoms with Crippen LogP contribution in [-0.2, 0) is 6.61 Å². The quantitative estimate of drug-likeness (QED) is 0.919. The molecule has 0 aromatic heterocycles. The van der Waals surface area contributed by atoms with Gasteiger partial charge in [0.1, 0.15) is 12.4 Å². The maximum Gasteiger partial charge on any atom is 0.253 e. The van der Waals surface area contributed by atoms with Gasteiger partial charge in [0.05, 0.1) is 0 Å². The van der Waals surface area contributed by atoms with Crippen LogP contribution >= 0.6 is 0 Å². The first kappa shape index (κ1) is 16.5. The molecule has 4 nitrogen and oxygen atoms in total. The third-order valence-electron chi connectivity index (χ3n) is 4.53. The van der Waals surface area contributed by atoms with E-state index in [0.717, 1.165) is 42.8 Å². The zero-order valence-electron chi connectivity index (χ0n) is 14.1. The lowest BCUT2D eigenvalue weighted by molar-refractivity contribution is 0.0703. The molecule has 4 heteroatoms. The standard InChI is InChI=1S/C20H24N2O2/c1-22(18-11-13-21-14-12-18)20(23)17-9-7-16(8-10-17)15-24-19-5-3-2-4-6-19/h2-10,18,21H,11-15H2,1H3. The monoisotopic (exact) mass is 324 g/mol. The van der Waals surface area contributed by atoms with Crippen LogP contribution in [0.5, 0.6) is 5.75 Å². The third-order valence-corrected chi connectivity index (χ3v) is 4.53. The molecular weight excluding hydrogens is 300 g/mol. The molecule has 3 rings (SSSR count). The SMILES string of the molecule is CN(C(=O)c1ccc(COc2ccccc2)cc1)C1CCNCC1. The van der Waals surface area contributed by atoms with Crippen molar-refractivity contribution < 1.29 is 9.53 Å². The van der Waals surface area contributed by atoms with E-state index in [4.69, 9.17) is 4.74 Å². The van der Waals surface area contributed by atoms with E-state index in [1.807, 2.05) is 66.5 Å². The number of piperidine rings is 1. The number of amides is 1. The van der Waals surface area contributed by atoms with E-state index >= 15 is 0 Å². The number of hydrogen-bond donors (Lipinski definition) is 1. The van der Waals surface area contributed by atoms with Gasteiger partial charge in [0.15, 0.2) is 0 Å². The molecule has 24 heavy (non-hydrogen) atoms. The Labute approximate surface area is 143 Å². The molecule has 0 atom stereocenters. The normalized spacial score (nSPS) is 15.0. The highest BCUT2D eigenvalue weighted by Gasteiger charge is 2.22. The number of carbonyl (C=O) groups is 1. The molecule has 0 radical (unpaired) electrons. The molecule has 0 aliphatic carbocycles. The molecule has 0 unspecified atom stereocenters. The zero-order valence-corrected chi connectivity index (χ0v) is 14.1. The third kappa shape index (κ3) is 4.15. The van der Waals surface area contributed by atoms with Gasteiger partial charge in [0.25, 0.3) is 5.91 Å². The zero-order chi connectivity index (χ0) is 16.8. The second kappa shape index (κ2) is 7.97. The van der Waals surface area contributed by atoms with Crippen molar-refractivity contribution in [2.45, 2.75) is 25.5 Å². The molecule has 2 aromatic rings. The van der Waals surface area contributed by atoms with Crippen molar-refractivity contribution in [2.75, 3.05) is 20.1 Å². The van der Waals surface area contributed by atoms with Gasteiger partial charge >= 0.3 is 0 Å². The summed E-state index contributed by atoms with van der Waals surface area (Å²) < 4.78 is 5.73. The first-order chi connectivity index (χ1) is 11.7. The Kier molecular flexibility index (Phi) is 5.49. The van der Waals surface area contributed by atoms with E-state index in [-0.39, 0.29) is 5.91 Å². The molecule has 1 heterocycles. The summed E-state index contributed by atoms with van der Waals surface area (Å²) >= 11 is 0. The smallest absolute Gasteiger partial charge is 0.253 e. The Morgan fingerprint density at radius 3 is 2.42 bits per heavy atom. The van der Waals surface area contributed by atoms with Crippen molar-refractivity contribution >= 4 is 5.91 Å². The van der Waals surface area contributed by atoms with Gasteiger partial charge in [-0.25, -0.2) is 0 Å². The molecule has 1 aliphatic heterocycles. The molecule has 126 valence electrons. The van der Waals surface area contributed by atoms with E-state index < -0.39 is 0 Å². The van der Waals surface area contributed by atoms with Gasteiger partial charge in [-0.3, -0.25) is 4.79 Å². The van der Waals surface area contributed by atoms with Gasteiger partial charge in [-0.05, 0) is 55.8 Å². The maximum atomic E-state index is 12.6.